The van der Waals surface area contributed by atoms with Gasteiger partial charge < -0.3 is 0 Å². The molecule has 0 aliphatic heterocycles. The normalized spacial score (nSPS) is 11.6. The average Bonchev–Trinajstić information content (AvgIpc) is 2.51. The Morgan fingerprint density at radius 2 is 2.58 bits per heavy atom. The molecule has 0 aromatic carbocycles. The zero-order valence-corrected chi connectivity index (χ0v) is 7.50. The van der Waals surface area contributed by atoms with Gasteiger partial charge in [-0.2, -0.15) is 0 Å². The second-order valence-electron chi connectivity index (χ2n) is 2.26. The Kier molecular flexibility index (Phi) is 2.99. The summed E-state index contributed by atoms with van der Waals surface area (Å²) in [6.45, 7) is 1.78. The highest BCUT2D eigenvalue weighted by Gasteiger charge is 2.06. The SMILES string of the molecule is CC/C(=C/c1cccs1)[N+](=O)[O-]. The van der Waals surface area contributed by atoms with Crippen molar-refractivity contribution in [3.05, 3.63) is 38.2 Å². The first kappa shape index (κ1) is 8.93. The highest BCUT2D eigenvalue weighted by molar-refractivity contribution is 7.10. The van der Waals surface area contributed by atoms with Crippen LogP contribution in [0.25, 0.3) is 6.08 Å². The van der Waals surface area contributed by atoms with E-state index in [1.807, 2.05) is 17.5 Å². The maximum Gasteiger partial charge on any atom is 0.247 e. The molecule has 0 saturated heterocycles. The van der Waals surface area contributed by atoms with Crippen molar-refractivity contribution in [2.45, 2.75) is 13.3 Å². The maximum absolute atomic E-state index is 10.4. The van der Waals surface area contributed by atoms with Crippen molar-refractivity contribution in [2.24, 2.45) is 0 Å². The molecule has 12 heavy (non-hydrogen) atoms. The third-order valence-corrected chi connectivity index (χ3v) is 2.27. The lowest BCUT2D eigenvalue weighted by Crippen LogP contribution is -1.95. The van der Waals surface area contributed by atoms with Crippen molar-refractivity contribution >= 4 is 17.4 Å². The van der Waals surface area contributed by atoms with Crippen LogP contribution >= 0.6 is 11.3 Å². The summed E-state index contributed by atoms with van der Waals surface area (Å²) in [6, 6.07) is 3.74. The summed E-state index contributed by atoms with van der Waals surface area (Å²) in [6.07, 6.45) is 2.08. The van der Waals surface area contributed by atoms with E-state index in [4.69, 9.17) is 0 Å². The van der Waals surface area contributed by atoms with Crippen molar-refractivity contribution in [1.82, 2.24) is 0 Å². The summed E-state index contributed by atoms with van der Waals surface area (Å²) in [5.41, 5.74) is 0.262. The van der Waals surface area contributed by atoms with Crippen molar-refractivity contribution in [2.75, 3.05) is 0 Å². The van der Waals surface area contributed by atoms with Gasteiger partial charge in [-0.25, -0.2) is 0 Å². The van der Waals surface area contributed by atoms with Crippen LogP contribution in [0.5, 0.6) is 0 Å². The zero-order chi connectivity index (χ0) is 8.97. The number of hydrogen-bond acceptors (Lipinski definition) is 3. The number of allylic oxidation sites excluding steroid dienone is 1. The third-order valence-electron chi connectivity index (χ3n) is 1.45. The standard InChI is InChI=1S/C8H9NO2S/c1-2-7(9(10)11)6-8-4-3-5-12-8/h3-6H,2H2,1H3/b7-6-. The lowest BCUT2D eigenvalue weighted by Gasteiger charge is -1.91. The van der Waals surface area contributed by atoms with Crippen molar-refractivity contribution in [1.29, 1.82) is 0 Å². The van der Waals surface area contributed by atoms with Crippen molar-refractivity contribution < 1.29 is 4.92 Å². The summed E-state index contributed by atoms with van der Waals surface area (Å²) in [5, 5.41) is 12.3. The molecule has 0 N–H and O–H groups in total. The monoisotopic (exact) mass is 183 g/mol. The number of nitrogens with zero attached hydrogens (tertiary/aromatic N) is 1. The first-order chi connectivity index (χ1) is 5.74. The fourth-order valence-corrected chi connectivity index (χ4v) is 1.50. The molecule has 3 nitrogen and oxygen atoms in total. The lowest BCUT2D eigenvalue weighted by molar-refractivity contribution is -0.425. The summed E-state index contributed by atoms with van der Waals surface area (Å²) in [4.78, 5) is 11.0. The van der Waals surface area contributed by atoms with Gasteiger partial charge in [-0.3, -0.25) is 10.1 Å². The first-order valence-electron chi connectivity index (χ1n) is 3.62. The van der Waals surface area contributed by atoms with Crippen LogP contribution in [0.3, 0.4) is 0 Å². The molecule has 0 radical (unpaired) electrons. The highest BCUT2D eigenvalue weighted by atomic mass is 32.1. The number of hydrogen-bond donors (Lipinski definition) is 0. The van der Waals surface area contributed by atoms with Gasteiger partial charge in [-0.1, -0.05) is 13.0 Å². The van der Waals surface area contributed by atoms with E-state index in [2.05, 4.69) is 0 Å². The van der Waals surface area contributed by atoms with Crippen LogP contribution in [0.1, 0.15) is 18.2 Å². The predicted molar refractivity (Wildman–Crippen MR) is 49.6 cm³/mol. The third kappa shape index (κ3) is 2.17. The smallest absolute Gasteiger partial charge is 0.247 e. The van der Waals surface area contributed by atoms with E-state index in [0.29, 0.717) is 6.42 Å². The Bertz CT molecular complexity index is 290. The van der Waals surface area contributed by atoms with Crippen LogP contribution in [0.15, 0.2) is 23.2 Å². The molecule has 0 unspecified atom stereocenters. The molecule has 1 heterocycles. The second kappa shape index (κ2) is 4.01. The molecular formula is C8H9NO2S. The largest absolute Gasteiger partial charge is 0.259 e. The van der Waals surface area contributed by atoms with Crippen LogP contribution in [0.4, 0.5) is 0 Å². The molecule has 1 aromatic rings. The van der Waals surface area contributed by atoms with E-state index in [-0.39, 0.29) is 10.6 Å². The summed E-state index contributed by atoms with van der Waals surface area (Å²) >= 11 is 1.50. The zero-order valence-electron chi connectivity index (χ0n) is 6.69. The van der Waals surface area contributed by atoms with Crippen molar-refractivity contribution in [3.8, 4) is 0 Å². The van der Waals surface area contributed by atoms with E-state index in [1.165, 1.54) is 11.3 Å². The van der Waals surface area contributed by atoms with Gasteiger partial charge in [0, 0.05) is 17.4 Å². The van der Waals surface area contributed by atoms with E-state index >= 15 is 0 Å². The molecule has 0 spiro atoms. The van der Waals surface area contributed by atoms with E-state index in [9.17, 15) is 10.1 Å². The number of thiophene rings is 1. The molecule has 0 saturated carbocycles. The van der Waals surface area contributed by atoms with E-state index < -0.39 is 0 Å². The Hall–Kier alpha value is -1.16. The number of nitro groups is 1. The summed E-state index contributed by atoms with van der Waals surface area (Å²) in [7, 11) is 0. The molecule has 4 heteroatoms. The van der Waals surface area contributed by atoms with Crippen LogP contribution in [0.2, 0.25) is 0 Å². The predicted octanol–water partition coefficient (Wildman–Crippen LogP) is 2.78. The van der Waals surface area contributed by atoms with Crippen LogP contribution < -0.4 is 0 Å². The Balaban J connectivity index is 2.85. The van der Waals surface area contributed by atoms with Crippen LogP contribution in [-0.2, 0) is 0 Å². The van der Waals surface area contributed by atoms with Gasteiger partial charge in [0.25, 0.3) is 0 Å². The molecule has 0 atom stereocenters. The quantitative estimate of drug-likeness (QED) is 0.534. The van der Waals surface area contributed by atoms with Gasteiger partial charge in [0.05, 0.1) is 4.92 Å². The molecule has 0 bridgehead atoms. The van der Waals surface area contributed by atoms with Crippen LogP contribution in [0, 0.1) is 10.1 Å². The minimum absolute atomic E-state index is 0.262. The Morgan fingerprint density at radius 3 is 3.00 bits per heavy atom. The minimum atomic E-state index is -0.334. The van der Waals surface area contributed by atoms with E-state index in [0.717, 1.165) is 4.88 Å². The topological polar surface area (TPSA) is 43.1 Å². The fourth-order valence-electron chi connectivity index (χ4n) is 0.821. The summed E-state index contributed by atoms with van der Waals surface area (Å²) in [5.74, 6) is 0. The molecule has 0 aliphatic rings. The number of rotatable bonds is 3. The summed E-state index contributed by atoms with van der Waals surface area (Å²) < 4.78 is 0. The fraction of sp³-hybridized carbons (Fsp3) is 0.250. The highest BCUT2D eigenvalue weighted by Crippen LogP contribution is 2.14. The molecule has 0 fully saturated rings. The first-order valence-corrected chi connectivity index (χ1v) is 4.50. The van der Waals surface area contributed by atoms with Crippen LogP contribution in [-0.4, -0.2) is 4.92 Å². The molecule has 1 rings (SSSR count). The van der Waals surface area contributed by atoms with Crippen molar-refractivity contribution in [3.63, 3.8) is 0 Å². The maximum atomic E-state index is 10.4. The molecule has 1 aromatic heterocycles. The minimum Gasteiger partial charge on any atom is -0.259 e. The van der Waals surface area contributed by atoms with Gasteiger partial charge in [0.2, 0.25) is 5.70 Å². The van der Waals surface area contributed by atoms with E-state index in [1.54, 1.807) is 13.0 Å². The van der Waals surface area contributed by atoms with Gasteiger partial charge in [-0.05, 0) is 11.4 Å². The molecule has 0 amide bonds. The second-order valence-corrected chi connectivity index (χ2v) is 3.24. The Morgan fingerprint density at radius 1 is 1.83 bits per heavy atom. The van der Waals surface area contributed by atoms with Gasteiger partial charge in [-0.15, -0.1) is 11.3 Å². The molecule has 64 valence electrons. The van der Waals surface area contributed by atoms with Gasteiger partial charge >= 0.3 is 0 Å². The van der Waals surface area contributed by atoms with Gasteiger partial charge in [0.1, 0.15) is 0 Å². The lowest BCUT2D eigenvalue weighted by atomic mass is 10.3. The average molecular weight is 183 g/mol. The molecule has 0 aliphatic carbocycles. The van der Waals surface area contributed by atoms with Gasteiger partial charge in [0.15, 0.2) is 0 Å². The molecular weight excluding hydrogens is 174 g/mol. The Labute approximate surface area is 74.5 Å².